The lowest BCUT2D eigenvalue weighted by molar-refractivity contribution is 0.0390. The number of halogens is 1. The highest BCUT2D eigenvalue weighted by Gasteiger charge is 2.42. The van der Waals surface area contributed by atoms with Gasteiger partial charge >= 0.3 is 6.09 Å². The summed E-state index contributed by atoms with van der Waals surface area (Å²) in [5.41, 5.74) is -0.517. The number of alkyl halides is 1. The third kappa shape index (κ3) is 4.50. The van der Waals surface area contributed by atoms with Gasteiger partial charge < -0.3 is 10.1 Å². The molecule has 20 heavy (non-hydrogen) atoms. The Morgan fingerprint density at radius 2 is 2.00 bits per heavy atom. The number of carbonyl (C=O) groups is 1. The molecule has 0 radical (unpaired) electrons. The first kappa shape index (κ1) is 16.4. The number of amides is 1. The van der Waals surface area contributed by atoms with E-state index in [0.29, 0.717) is 0 Å². The summed E-state index contributed by atoms with van der Waals surface area (Å²) in [4.78, 5) is 12.1. The molecule has 3 nitrogen and oxygen atoms in total. The van der Waals surface area contributed by atoms with Crippen LogP contribution < -0.4 is 5.32 Å². The number of hydrogen-bond acceptors (Lipinski definition) is 2. The molecule has 0 aromatic carbocycles. The van der Waals surface area contributed by atoms with Gasteiger partial charge in [-0.1, -0.05) is 35.4 Å². The maximum Gasteiger partial charge on any atom is 0.408 e. The molecule has 2 fully saturated rings. The molecule has 4 heteroatoms. The average Bonchev–Trinajstić information content (AvgIpc) is 2.35. The Morgan fingerprint density at radius 3 is 2.65 bits per heavy atom. The number of rotatable bonds is 1. The first-order chi connectivity index (χ1) is 9.17. The van der Waals surface area contributed by atoms with Crippen molar-refractivity contribution in [3.63, 3.8) is 0 Å². The summed E-state index contributed by atoms with van der Waals surface area (Å²) in [6.45, 7) is 7.94. The van der Waals surface area contributed by atoms with E-state index in [4.69, 9.17) is 4.74 Å². The Bertz CT molecular complexity index is 366. The van der Waals surface area contributed by atoms with Crippen LogP contribution in [-0.2, 0) is 4.74 Å². The zero-order valence-corrected chi connectivity index (χ0v) is 15.3. The second kappa shape index (κ2) is 6.01. The van der Waals surface area contributed by atoms with Gasteiger partial charge in [0.2, 0.25) is 0 Å². The van der Waals surface area contributed by atoms with E-state index in [0.717, 1.165) is 28.6 Å². The van der Waals surface area contributed by atoms with E-state index in [9.17, 15) is 4.79 Å². The van der Waals surface area contributed by atoms with Gasteiger partial charge in [-0.15, -0.1) is 0 Å². The van der Waals surface area contributed by atoms with Crippen molar-refractivity contribution < 1.29 is 9.53 Å². The van der Waals surface area contributed by atoms with E-state index in [-0.39, 0.29) is 11.6 Å². The molecule has 0 saturated heterocycles. The summed E-state index contributed by atoms with van der Waals surface area (Å²) in [6.07, 6.45) is 7.29. The van der Waals surface area contributed by atoms with Gasteiger partial charge in [-0.05, 0) is 65.2 Å². The van der Waals surface area contributed by atoms with Crippen LogP contribution in [0.4, 0.5) is 4.79 Å². The SMILES string of the molecule is CC1(NC(=O)OC(C)(C)C)CC2CCCC(I)C(C2)C1. The number of alkyl carbamates (subject to hydrolysis) is 1. The number of ether oxygens (including phenoxy) is 1. The minimum Gasteiger partial charge on any atom is -0.444 e. The molecule has 0 aromatic heterocycles. The molecule has 0 spiro atoms. The second-order valence-corrected chi connectivity index (χ2v) is 9.50. The molecule has 2 saturated carbocycles. The fraction of sp³-hybridized carbons (Fsp3) is 0.938. The first-order valence-corrected chi connectivity index (χ1v) is 9.07. The number of nitrogens with one attached hydrogen (secondary N) is 1. The molecule has 1 N–H and O–H groups in total. The quantitative estimate of drug-likeness (QED) is 0.519. The lowest BCUT2D eigenvalue weighted by Gasteiger charge is -2.43. The molecule has 4 unspecified atom stereocenters. The molecule has 4 atom stereocenters. The smallest absolute Gasteiger partial charge is 0.408 e. The minimum atomic E-state index is -0.423. The zero-order valence-electron chi connectivity index (χ0n) is 13.2. The molecule has 116 valence electrons. The van der Waals surface area contributed by atoms with Crippen molar-refractivity contribution in [1.82, 2.24) is 5.32 Å². The highest BCUT2D eigenvalue weighted by molar-refractivity contribution is 14.1. The van der Waals surface area contributed by atoms with E-state index >= 15 is 0 Å². The second-order valence-electron chi connectivity index (χ2n) is 7.90. The molecule has 0 aromatic rings. The lowest BCUT2D eigenvalue weighted by Crippen LogP contribution is -2.52. The molecule has 2 bridgehead atoms. The van der Waals surface area contributed by atoms with Gasteiger partial charge in [0, 0.05) is 9.46 Å². The first-order valence-electron chi connectivity index (χ1n) is 7.82. The van der Waals surface area contributed by atoms with Gasteiger partial charge in [-0.25, -0.2) is 4.79 Å². The molecular weight excluding hydrogens is 365 g/mol. The van der Waals surface area contributed by atoms with E-state index in [1.165, 1.54) is 25.7 Å². The van der Waals surface area contributed by atoms with E-state index in [1.807, 2.05) is 20.8 Å². The van der Waals surface area contributed by atoms with Gasteiger partial charge in [0.05, 0.1) is 0 Å². The van der Waals surface area contributed by atoms with Crippen LogP contribution in [0.5, 0.6) is 0 Å². The van der Waals surface area contributed by atoms with E-state index in [1.54, 1.807) is 0 Å². The fourth-order valence-corrected chi connectivity index (χ4v) is 4.87. The molecule has 2 rings (SSSR count). The third-order valence-corrected chi connectivity index (χ3v) is 6.13. The van der Waals surface area contributed by atoms with Crippen molar-refractivity contribution >= 4 is 28.7 Å². The van der Waals surface area contributed by atoms with Crippen LogP contribution in [0.1, 0.15) is 66.2 Å². The van der Waals surface area contributed by atoms with Gasteiger partial charge in [-0.3, -0.25) is 0 Å². The van der Waals surface area contributed by atoms with Crippen molar-refractivity contribution in [2.45, 2.75) is 81.3 Å². The van der Waals surface area contributed by atoms with Crippen molar-refractivity contribution in [1.29, 1.82) is 0 Å². The van der Waals surface area contributed by atoms with Crippen LogP contribution in [0.3, 0.4) is 0 Å². The van der Waals surface area contributed by atoms with Gasteiger partial charge in [0.25, 0.3) is 0 Å². The van der Waals surface area contributed by atoms with Crippen LogP contribution >= 0.6 is 22.6 Å². The summed E-state index contributed by atoms with van der Waals surface area (Å²) in [5.74, 6) is 1.52. The Morgan fingerprint density at radius 1 is 1.30 bits per heavy atom. The molecule has 2 aliphatic rings. The average molecular weight is 393 g/mol. The van der Waals surface area contributed by atoms with E-state index < -0.39 is 5.60 Å². The fourth-order valence-electron chi connectivity index (χ4n) is 3.88. The monoisotopic (exact) mass is 393 g/mol. The van der Waals surface area contributed by atoms with Crippen molar-refractivity contribution in [2.75, 3.05) is 0 Å². The summed E-state index contributed by atoms with van der Waals surface area (Å²) >= 11 is 2.62. The van der Waals surface area contributed by atoms with Crippen LogP contribution in [0.2, 0.25) is 0 Å². The predicted octanol–water partition coefficient (Wildman–Crippen LogP) is 4.67. The van der Waals surface area contributed by atoms with Gasteiger partial charge in [-0.2, -0.15) is 0 Å². The van der Waals surface area contributed by atoms with Crippen molar-refractivity contribution in [2.24, 2.45) is 11.8 Å². The topological polar surface area (TPSA) is 38.3 Å². The Kier molecular flexibility index (Phi) is 4.92. The standard InChI is InChI=1S/C16H28INO2/c1-15(2,3)20-14(19)18-16(4)9-11-6-5-7-13(17)12(8-11)10-16/h11-13H,5-10H2,1-4H3,(H,18,19). The zero-order chi connectivity index (χ0) is 15.0. The summed E-state index contributed by atoms with van der Waals surface area (Å²) in [7, 11) is 0. The van der Waals surface area contributed by atoms with Gasteiger partial charge in [0.1, 0.15) is 5.60 Å². The van der Waals surface area contributed by atoms with Crippen LogP contribution in [0.25, 0.3) is 0 Å². The van der Waals surface area contributed by atoms with Crippen LogP contribution in [0, 0.1) is 11.8 Å². The molecule has 1 amide bonds. The number of fused-ring (bicyclic) bond motifs is 2. The van der Waals surface area contributed by atoms with Crippen molar-refractivity contribution in [3.8, 4) is 0 Å². The summed E-state index contributed by atoms with van der Waals surface area (Å²) in [6, 6.07) is 0. The molecule has 0 aliphatic heterocycles. The summed E-state index contributed by atoms with van der Waals surface area (Å²) < 4.78 is 6.20. The molecule has 2 aliphatic carbocycles. The minimum absolute atomic E-state index is 0.0936. The molecular formula is C16H28INO2. The molecule has 0 heterocycles. The predicted molar refractivity (Wildman–Crippen MR) is 90.3 cm³/mol. The Labute approximate surface area is 136 Å². The van der Waals surface area contributed by atoms with Gasteiger partial charge in [0.15, 0.2) is 0 Å². The summed E-state index contributed by atoms with van der Waals surface area (Å²) in [5, 5.41) is 3.16. The Balaban J connectivity index is 2.01. The van der Waals surface area contributed by atoms with Crippen LogP contribution in [-0.4, -0.2) is 21.2 Å². The normalized spacial score (nSPS) is 38.0. The highest BCUT2D eigenvalue weighted by atomic mass is 127. The third-order valence-electron chi connectivity index (χ3n) is 4.49. The number of hydrogen-bond donors (Lipinski definition) is 1. The Hall–Kier alpha value is 0. The van der Waals surface area contributed by atoms with Crippen molar-refractivity contribution in [3.05, 3.63) is 0 Å². The lowest BCUT2D eigenvalue weighted by atomic mass is 9.71. The maximum absolute atomic E-state index is 12.1. The maximum atomic E-state index is 12.1. The van der Waals surface area contributed by atoms with E-state index in [2.05, 4.69) is 34.8 Å². The highest BCUT2D eigenvalue weighted by Crippen LogP contribution is 2.45. The van der Waals surface area contributed by atoms with Crippen LogP contribution in [0.15, 0.2) is 0 Å². The number of carbonyl (C=O) groups excluding carboxylic acids is 1. The largest absolute Gasteiger partial charge is 0.444 e.